The maximum Gasteiger partial charge on any atom is 0.327 e. The van der Waals surface area contributed by atoms with E-state index in [1.165, 1.54) is 4.90 Å². The molecule has 2 amide bonds. The molecule has 59 heavy (non-hydrogen) atoms. The standard InChI is InChI=1S/C47H63N3O9/c1-4-6-13-23-46(24-14-7-5-2)57-39-38-29-47(45(54)49(3)35(43(52)48-25-26-51)27-31-15-9-8-10-16-31)41(44(53)56-38)50(59-42(47)40(39)58-46)30-34-18-12-11-17-33(34)21-19-32-20-22-36-37(28-32)55-36/h8-12,15-19,21,32,35-42,51H,4-7,13-14,20,22-30H2,1-3H3,(H,48,52)/t32?,35-,36?,37?,38-,39+,40+,41+,42-,47+/m1/s1. The van der Waals surface area contributed by atoms with E-state index in [0.717, 1.165) is 74.5 Å². The zero-order chi connectivity index (χ0) is 41.1. The summed E-state index contributed by atoms with van der Waals surface area (Å²) in [6, 6.07) is 15.6. The van der Waals surface area contributed by atoms with Crippen molar-refractivity contribution in [2.75, 3.05) is 20.2 Å². The van der Waals surface area contributed by atoms with Gasteiger partial charge in [-0.15, -0.1) is 0 Å². The van der Waals surface area contributed by atoms with Crippen molar-refractivity contribution in [2.45, 2.75) is 158 Å². The number of benzene rings is 2. The van der Waals surface area contributed by atoms with E-state index in [1.807, 2.05) is 48.5 Å². The van der Waals surface area contributed by atoms with Gasteiger partial charge in [0.2, 0.25) is 11.8 Å². The van der Waals surface area contributed by atoms with Crippen molar-refractivity contribution in [3.63, 3.8) is 0 Å². The Bertz CT molecular complexity index is 1810. The third kappa shape index (κ3) is 8.50. The summed E-state index contributed by atoms with van der Waals surface area (Å²) in [7, 11) is 1.64. The minimum absolute atomic E-state index is 0.0460. The van der Waals surface area contributed by atoms with Gasteiger partial charge in [-0.3, -0.25) is 19.2 Å². The van der Waals surface area contributed by atoms with Gasteiger partial charge in [0.1, 0.15) is 35.9 Å². The fraction of sp³-hybridized carbons (Fsp3) is 0.638. The third-order valence-electron chi connectivity index (χ3n) is 13.7. The first kappa shape index (κ1) is 42.1. The summed E-state index contributed by atoms with van der Waals surface area (Å²) in [5.74, 6) is -1.77. The SMILES string of the molecule is CCCCCC1(CCCCC)O[C@@H]2[C@H](O1)[C@H]1ON(Cc3ccccc3C=CC3CCC4OC4C3)[C@H]3C(=O)O[C@@H]2C[C@@]13C(=O)N(C)[C@H](Cc1ccccc1)C(=O)NCCO. The molecule has 2 saturated carbocycles. The molecule has 2 N–H and O–H groups in total. The minimum Gasteiger partial charge on any atom is -0.458 e. The monoisotopic (exact) mass is 813 g/mol. The van der Waals surface area contributed by atoms with E-state index in [4.69, 9.17) is 23.8 Å². The molecular weight excluding hydrogens is 751 g/mol. The number of amides is 2. The number of nitrogens with one attached hydrogen (secondary N) is 1. The van der Waals surface area contributed by atoms with Crippen LogP contribution in [0.1, 0.15) is 108 Å². The van der Waals surface area contributed by atoms with Crippen LogP contribution >= 0.6 is 0 Å². The molecule has 2 aliphatic carbocycles. The summed E-state index contributed by atoms with van der Waals surface area (Å²) in [4.78, 5) is 52.7. The Kier molecular flexibility index (Phi) is 12.9. The number of carbonyl (C=O) groups excluding carboxylic acids is 3. The van der Waals surface area contributed by atoms with Crippen LogP contribution in [0, 0.1) is 11.3 Å². The quantitative estimate of drug-likeness (QED) is 0.100. The second-order valence-corrected chi connectivity index (χ2v) is 17.7. The predicted octanol–water partition coefficient (Wildman–Crippen LogP) is 5.89. The van der Waals surface area contributed by atoms with Crippen LogP contribution < -0.4 is 5.32 Å². The molecule has 0 radical (unpaired) electrons. The number of hydrogen-bond donors (Lipinski definition) is 2. The number of unbranched alkanes of at least 4 members (excludes halogenated alkanes) is 4. The van der Waals surface area contributed by atoms with Gasteiger partial charge in [-0.1, -0.05) is 106 Å². The molecule has 320 valence electrons. The second kappa shape index (κ2) is 18.1. The highest BCUT2D eigenvalue weighted by Crippen LogP contribution is 2.58. The first-order chi connectivity index (χ1) is 28.7. The summed E-state index contributed by atoms with van der Waals surface area (Å²) in [5.41, 5.74) is 1.39. The number of hydrogen-bond acceptors (Lipinski definition) is 10. The lowest BCUT2D eigenvalue weighted by Crippen LogP contribution is -2.70. The van der Waals surface area contributed by atoms with Gasteiger partial charge >= 0.3 is 5.97 Å². The highest BCUT2D eigenvalue weighted by molar-refractivity contribution is 5.96. The van der Waals surface area contributed by atoms with Crippen LogP contribution in [0.4, 0.5) is 0 Å². The predicted molar refractivity (Wildman–Crippen MR) is 220 cm³/mol. The number of hydroxylamine groups is 2. The Balaban J connectivity index is 1.15. The Morgan fingerprint density at radius 1 is 0.949 bits per heavy atom. The molecular formula is C47H63N3O9. The van der Waals surface area contributed by atoms with Gasteiger partial charge < -0.3 is 34.3 Å². The van der Waals surface area contributed by atoms with Gasteiger partial charge in [-0.25, -0.2) is 0 Å². The van der Waals surface area contributed by atoms with E-state index >= 15 is 4.79 Å². The summed E-state index contributed by atoms with van der Waals surface area (Å²) in [5, 5.41) is 14.1. The lowest BCUT2D eigenvalue weighted by atomic mass is 9.62. The van der Waals surface area contributed by atoms with Crippen LogP contribution in [-0.2, 0) is 51.1 Å². The van der Waals surface area contributed by atoms with E-state index in [1.54, 1.807) is 12.1 Å². The fourth-order valence-electron chi connectivity index (χ4n) is 10.5. The Hall–Kier alpha value is -3.65. The van der Waals surface area contributed by atoms with Crippen molar-refractivity contribution in [2.24, 2.45) is 11.3 Å². The number of aliphatic hydroxyl groups excluding tert-OH is 1. The van der Waals surface area contributed by atoms with Gasteiger partial charge in [0.15, 0.2) is 11.8 Å². The van der Waals surface area contributed by atoms with Crippen molar-refractivity contribution in [1.82, 2.24) is 15.3 Å². The molecule has 2 bridgehead atoms. The van der Waals surface area contributed by atoms with Crippen LogP contribution in [-0.4, -0.2) is 108 Å². The molecule has 4 saturated heterocycles. The highest BCUT2D eigenvalue weighted by Gasteiger charge is 2.76. The van der Waals surface area contributed by atoms with Crippen molar-refractivity contribution in [3.05, 3.63) is 77.4 Å². The molecule has 0 spiro atoms. The average Bonchev–Trinajstić information content (AvgIpc) is 3.80. The summed E-state index contributed by atoms with van der Waals surface area (Å²) >= 11 is 0. The van der Waals surface area contributed by atoms with Gasteiger partial charge in [-0.05, 0) is 54.7 Å². The molecule has 10 atom stereocenters. The Morgan fingerprint density at radius 3 is 2.41 bits per heavy atom. The largest absolute Gasteiger partial charge is 0.458 e. The number of fused-ring (bicyclic) bond motifs is 5. The molecule has 8 rings (SSSR count). The average molecular weight is 814 g/mol. The van der Waals surface area contributed by atoms with Crippen molar-refractivity contribution in [3.8, 4) is 0 Å². The normalized spacial score (nSPS) is 32.0. The highest BCUT2D eigenvalue weighted by atomic mass is 16.8. The first-order valence-electron chi connectivity index (χ1n) is 22.3. The zero-order valence-electron chi connectivity index (χ0n) is 35.0. The Labute approximate surface area is 348 Å². The number of ether oxygens (including phenoxy) is 4. The number of nitrogens with zero attached hydrogens (tertiary/aromatic N) is 2. The van der Waals surface area contributed by atoms with E-state index in [0.29, 0.717) is 31.0 Å². The van der Waals surface area contributed by atoms with E-state index < -0.39 is 59.6 Å². The van der Waals surface area contributed by atoms with Crippen LogP contribution in [0.15, 0.2) is 60.7 Å². The second-order valence-electron chi connectivity index (χ2n) is 17.7. The summed E-state index contributed by atoms with van der Waals surface area (Å²) in [6.07, 6.45) is 13.3. The summed E-state index contributed by atoms with van der Waals surface area (Å²) in [6.45, 7) is 4.37. The fourth-order valence-corrected chi connectivity index (χ4v) is 10.5. The number of allylic oxidation sites excluding steroid dienone is 1. The van der Waals surface area contributed by atoms with Gasteiger partial charge in [0.05, 0.1) is 25.4 Å². The zero-order valence-corrected chi connectivity index (χ0v) is 35.0. The van der Waals surface area contributed by atoms with E-state index in [9.17, 15) is 14.7 Å². The topological polar surface area (TPSA) is 139 Å². The van der Waals surface area contributed by atoms with Gasteiger partial charge in [-0.2, -0.15) is 5.06 Å². The van der Waals surface area contributed by atoms with Gasteiger partial charge in [0.25, 0.3) is 0 Å². The number of esters is 1. The molecule has 12 heteroatoms. The molecule has 6 aliphatic rings. The van der Waals surface area contributed by atoms with Crippen molar-refractivity contribution in [1.29, 1.82) is 0 Å². The van der Waals surface area contributed by atoms with Crippen LogP contribution in [0.3, 0.4) is 0 Å². The smallest absolute Gasteiger partial charge is 0.327 e. The molecule has 6 fully saturated rings. The molecule has 3 unspecified atom stereocenters. The lowest BCUT2D eigenvalue weighted by molar-refractivity contribution is -0.225. The maximum atomic E-state index is 15.7. The van der Waals surface area contributed by atoms with Crippen molar-refractivity contribution >= 4 is 23.9 Å². The van der Waals surface area contributed by atoms with Crippen LogP contribution in [0.25, 0.3) is 6.08 Å². The van der Waals surface area contributed by atoms with E-state index in [-0.39, 0.29) is 38.4 Å². The van der Waals surface area contributed by atoms with Crippen molar-refractivity contribution < 1.29 is 43.3 Å². The number of likely N-dealkylation sites (N-methyl/N-ethyl adjacent to an activating group) is 1. The number of aliphatic hydroxyl groups is 1. The van der Waals surface area contributed by atoms with E-state index in [2.05, 4.69) is 37.4 Å². The molecule has 4 aliphatic heterocycles. The molecule has 2 aromatic carbocycles. The molecule has 2 aromatic rings. The molecule has 4 heterocycles. The number of carbonyl (C=O) groups is 3. The number of rotatable bonds is 19. The maximum absolute atomic E-state index is 15.7. The minimum atomic E-state index is -1.44. The number of epoxide rings is 1. The summed E-state index contributed by atoms with van der Waals surface area (Å²) < 4.78 is 26.2. The lowest BCUT2D eigenvalue weighted by Gasteiger charge is -2.50. The third-order valence-corrected chi connectivity index (χ3v) is 13.7. The molecule has 0 aromatic heterocycles. The first-order valence-corrected chi connectivity index (χ1v) is 22.3. The Morgan fingerprint density at radius 2 is 1.68 bits per heavy atom. The molecule has 12 nitrogen and oxygen atoms in total. The van der Waals surface area contributed by atoms with Gasteiger partial charge in [0, 0.05) is 39.3 Å². The van der Waals surface area contributed by atoms with Crippen LogP contribution in [0.5, 0.6) is 0 Å². The van der Waals surface area contributed by atoms with Crippen LogP contribution in [0.2, 0.25) is 0 Å².